The first kappa shape index (κ1) is 36.0. The zero-order valence-electron chi connectivity index (χ0n) is 34.3. The molecule has 0 bridgehead atoms. The molecular formula is C60H41NO. The van der Waals surface area contributed by atoms with Gasteiger partial charge in [-0.3, -0.25) is 0 Å². The van der Waals surface area contributed by atoms with Crippen LogP contribution in [-0.4, -0.2) is 0 Å². The van der Waals surface area contributed by atoms with Crippen LogP contribution in [0.2, 0.25) is 0 Å². The summed E-state index contributed by atoms with van der Waals surface area (Å²) in [5.41, 5.74) is 17.9. The van der Waals surface area contributed by atoms with Crippen molar-refractivity contribution in [3.63, 3.8) is 0 Å². The summed E-state index contributed by atoms with van der Waals surface area (Å²) in [6.45, 7) is 2.40. The molecule has 1 atom stereocenters. The van der Waals surface area contributed by atoms with Crippen LogP contribution in [0.25, 0.3) is 77.2 Å². The highest BCUT2D eigenvalue weighted by Crippen LogP contribution is 2.58. The first-order valence-electron chi connectivity index (χ1n) is 21.4. The second-order valence-electron chi connectivity index (χ2n) is 16.5. The van der Waals surface area contributed by atoms with E-state index in [0.717, 1.165) is 55.7 Å². The number of benzene rings is 10. The molecule has 11 aromatic rings. The van der Waals surface area contributed by atoms with Crippen LogP contribution < -0.4 is 4.90 Å². The normalized spacial score (nSPS) is 14.3. The fraction of sp³-hybridized carbons (Fsp3) is 0.0333. The lowest BCUT2D eigenvalue weighted by molar-refractivity contribution is 0.670. The number of furan rings is 1. The number of para-hydroxylation sites is 4. The molecular weight excluding hydrogens is 751 g/mol. The first-order chi connectivity index (χ1) is 30.7. The Balaban J connectivity index is 1.18. The van der Waals surface area contributed by atoms with Crippen LogP contribution in [0.4, 0.5) is 17.1 Å². The molecule has 2 heteroatoms. The van der Waals surface area contributed by atoms with Gasteiger partial charge in [-0.2, -0.15) is 0 Å². The molecule has 0 saturated carbocycles. The number of hydrogen-bond donors (Lipinski definition) is 0. The topological polar surface area (TPSA) is 16.4 Å². The predicted molar refractivity (Wildman–Crippen MR) is 260 cm³/mol. The van der Waals surface area contributed by atoms with E-state index in [9.17, 15) is 0 Å². The van der Waals surface area contributed by atoms with E-state index in [-0.39, 0.29) is 5.41 Å². The third kappa shape index (κ3) is 5.43. The molecule has 0 N–H and O–H groups in total. The zero-order valence-corrected chi connectivity index (χ0v) is 34.3. The SMILES string of the molecule is CC1(c2ccccc2)c2ccccc2-c2c(N(c3ccccc3-c3cccc4c3oc3ccccc34)c3ccccc3-c3cccc4cccc(-c5ccccc5)c34)cccc21. The van der Waals surface area contributed by atoms with Crippen LogP contribution in [0.1, 0.15) is 23.6 Å². The number of rotatable bonds is 7. The fourth-order valence-corrected chi connectivity index (χ4v) is 10.4. The summed E-state index contributed by atoms with van der Waals surface area (Å²) in [6.07, 6.45) is 0. The van der Waals surface area contributed by atoms with Gasteiger partial charge < -0.3 is 9.32 Å². The minimum absolute atomic E-state index is 0.367. The third-order valence-corrected chi connectivity index (χ3v) is 13.2. The average molecular weight is 792 g/mol. The first-order valence-corrected chi connectivity index (χ1v) is 21.4. The third-order valence-electron chi connectivity index (χ3n) is 13.2. The Hall–Kier alpha value is -7.94. The van der Waals surface area contributed by atoms with Gasteiger partial charge in [-0.05, 0) is 80.9 Å². The Morgan fingerprint density at radius 1 is 0.371 bits per heavy atom. The highest BCUT2D eigenvalue weighted by atomic mass is 16.3. The Kier molecular flexibility index (Phi) is 8.33. The second-order valence-corrected chi connectivity index (χ2v) is 16.5. The summed E-state index contributed by atoms with van der Waals surface area (Å²) in [4.78, 5) is 2.53. The molecule has 0 spiro atoms. The molecule has 10 aromatic carbocycles. The van der Waals surface area contributed by atoms with E-state index in [0.29, 0.717) is 0 Å². The van der Waals surface area contributed by atoms with Crippen molar-refractivity contribution in [2.24, 2.45) is 0 Å². The second kappa shape index (κ2) is 14.4. The van der Waals surface area contributed by atoms with Crippen molar-refractivity contribution in [1.29, 1.82) is 0 Å². The number of fused-ring (bicyclic) bond motifs is 7. The van der Waals surface area contributed by atoms with E-state index in [1.54, 1.807) is 0 Å². The molecule has 2 nitrogen and oxygen atoms in total. The van der Waals surface area contributed by atoms with E-state index in [1.165, 1.54) is 55.3 Å². The van der Waals surface area contributed by atoms with Gasteiger partial charge in [-0.1, -0.05) is 206 Å². The molecule has 1 unspecified atom stereocenters. The fourth-order valence-electron chi connectivity index (χ4n) is 10.4. The molecule has 62 heavy (non-hydrogen) atoms. The van der Waals surface area contributed by atoms with Crippen molar-refractivity contribution in [1.82, 2.24) is 0 Å². The van der Waals surface area contributed by atoms with E-state index >= 15 is 0 Å². The van der Waals surface area contributed by atoms with E-state index in [1.807, 2.05) is 6.07 Å². The average Bonchev–Trinajstić information content (AvgIpc) is 3.86. The van der Waals surface area contributed by atoms with Crippen molar-refractivity contribution in [3.05, 3.63) is 247 Å². The Bertz CT molecular complexity index is 3490. The summed E-state index contributed by atoms with van der Waals surface area (Å²) in [6, 6.07) is 83.8. The molecule has 1 aliphatic carbocycles. The molecule has 1 aliphatic rings. The smallest absolute Gasteiger partial charge is 0.143 e. The number of nitrogens with zero attached hydrogens (tertiary/aromatic N) is 1. The lowest BCUT2D eigenvalue weighted by Crippen LogP contribution is -2.22. The molecule has 0 radical (unpaired) electrons. The number of hydrogen-bond acceptors (Lipinski definition) is 2. The Morgan fingerprint density at radius 2 is 0.887 bits per heavy atom. The Labute approximate surface area is 361 Å². The maximum absolute atomic E-state index is 6.76. The van der Waals surface area contributed by atoms with Crippen molar-refractivity contribution in [2.75, 3.05) is 4.90 Å². The van der Waals surface area contributed by atoms with Gasteiger partial charge >= 0.3 is 0 Å². The van der Waals surface area contributed by atoms with Crippen molar-refractivity contribution in [2.45, 2.75) is 12.3 Å². The van der Waals surface area contributed by atoms with Crippen LogP contribution in [0.15, 0.2) is 235 Å². The van der Waals surface area contributed by atoms with Crippen molar-refractivity contribution in [3.8, 4) is 44.5 Å². The lowest BCUT2D eigenvalue weighted by Gasteiger charge is -2.33. The highest BCUT2D eigenvalue weighted by Gasteiger charge is 2.42. The van der Waals surface area contributed by atoms with Crippen LogP contribution in [0.3, 0.4) is 0 Å². The van der Waals surface area contributed by atoms with Gasteiger partial charge in [0.05, 0.1) is 17.1 Å². The van der Waals surface area contributed by atoms with Gasteiger partial charge in [-0.15, -0.1) is 0 Å². The summed E-state index contributed by atoms with van der Waals surface area (Å²) in [5, 5.41) is 4.66. The Morgan fingerprint density at radius 3 is 1.66 bits per heavy atom. The van der Waals surface area contributed by atoms with Crippen molar-refractivity contribution < 1.29 is 4.42 Å². The van der Waals surface area contributed by atoms with Crippen molar-refractivity contribution >= 4 is 49.8 Å². The molecule has 0 amide bonds. The highest BCUT2D eigenvalue weighted by molar-refractivity contribution is 6.13. The molecule has 0 saturated heterocycles. The maximum Gasteiger partial charge on any atom is 0.143 e. The molecule has 12 rings (SSSR count). The molecule has 0 aliphatic heterocycles. The van der Waals surface area contributed by atoms with Gasteiger partial charge in [0.25, 0.3) is 0 Å². The molecule has 292 valence electrons. The summed E-state index contributed by atoms with van der Waals surface area (Å²) < 4.78 is 6.76. The van der Waals surface area contributed by atoms with Crippen LogP contribution in [0, 0.1) is 0 Å². The van der Waals surface area contributed by atoms with Gasteiger partial charge in [-0.25, -0.2) is 0 Å². The van der Waals surface area contributed by atoms with Gasteiger partial charge in [0.15, 0.2) is 0 Å². The van der Waals surface area contributed by atoms with Gasteiger partial charge in [0, 0.05) is 38.4 Å². The van der Waals surface area contributed by atoms with Crippen LogP contribution >= 0.6 is 0 Å². The van der Waals surface area contributed by atoms with Crippen LogP contribution in [0.5, 0.6) is 0 Å². The quantitative estimate of drug-likeness (QED) is 0.160. The molecule has 0 fully saturated rings. The van der Waals surface area contributed by atoms with Gasteiger partial charge in [0.2, 0.25) is 0 Å². The van der Waals surface area contributed by atoms with E-state index in [4.69, 9.17) is 4.42 Å². The van der Waals surface area contributed by atoms with Gasteiger partial charge in [0.1, 0.15) is 11.2 Å². The minimum atomic E-state index is -0.367. The zero-order chi connectivity index (χ0) is 41.2. The standard InChI is InChI=1S/C60H41NO/c1-60(42-24-6-3-7-25-42)51-34-12-8-29-50(51)58-52(60)35-19-38-55(58)61(54-37-14-10-27-45(54)48-32-18-33-49-46-28-11-15-39-56(46)62-59(48)49)53-36-13-9-26-44(53)47-31-17-23-41-22-16-30-43(57(41)47)40-20-4-2-5-21-40/h2-39H,1H3. The number of anilines is 3. The van der Waals surface area contributed by atoms with E-state index in [2.05, 4.69) is 236 Å². The summed E-state index contributed by atoms with van der Waals surface area (Å²) in [5.74, 6) is 0. The molecule has 1 heterocycles. The lowest BCUT2D eigenvalue weighted by atomic mass is 9.74. The molecule has 1 aromatic heterocycles. The predicted octanol–water partition coefficient (Wildman–Crippen LogP) is 16.5. The largest absolute Gasteiger partial charge is 0.455 e. The van der Waals surface area contributed by atoms with Crippen LogP contribution in [-0.2, 0) is 5.41 Å². The monoisotopic (exact) mass is 791 g/mol. The van der Waals surface area contributed by atoms with E-state index < -0.39 is 0 Å². The maximum atomic E-state index is 6.76. The summed E-state index contributed by atoms with van der Waals surface area (Å²) >= 11 is 0. The summed E-state index contributed by atoms with van der Waals surface area (Å²) in [7, 11) is 0. The minimum Gasteiger partial charge on any atom is -0.455 e.